The summed E-state index contributed by atoms with van der Waals surface area (Å²) in [7, 11) is -3.69. The molecule has 0 bridgehead atoms. The molecular weight excluding hydrogens is 456 g/mol. The number of nitrogens with one attached hydrogen (secondary N) is 1. The van der Waals surface area contributed by atoms with Crippen molar-refractivity contribution >= 4 is 27.5 Å². The number of hydrogen-bond acceptors (Lipinski definition) is 3. The predicted molar refractivity (Wildman–Crippen MR) is 131 cm³/mol. The number of amides is 1. The third-order valence-electron chi connectivity index (χ3n) is 6.04. The fraction of sp³-hybridized carbons (Fsp3) is 0.269. The van der Waals surface area contributed by atoms with Gasteiger partial charge in [-0.25, -0.2) is 8.42 Å². The molecule has 1 amide bonds. The topological polar surface area (TPSA) is 66.5 Å². The molecule has 3 aromatic carbocycles. The first kappa shape index (κ1) is 23.5. The van der Waals surface area contributed by atoms with Crippen molar-refractivity contribution < 1.29 is 13.2 Å². The van der Waals surface area contributed by atoms with E-state index in [0.717, 1.165) is 16.7 Å². The maximum Gasteiger partial charge on any atom is 0.243 e. The van der Waals surface area contributed by atoms with Crippen LogP contribution in [-0.4, -0.2) is 31.7 Å². The molecule has 172 valence electrons. The molecule has 7 heteroatoms. The van der Waals surface area contributed by atoms with E-state index < -0.39 is 15.9 Å². The van der Waals surface area contributed by atoms with E-state index in [-0.39, 0.29) is 23.4 Å². The summed E-state index contributed by atoms with van der Waals surface area (Å²) < 4.78 is 27.6. The summed E-state index contributed by atoms with van der Waals surface area (Å²) in [4.78, 5) is 13.5. The lowest BCUT2D eigenvalue weighted by Gasteiger charge is -2.32. The van der Waals surface area contributed by atoms with Crippen molar-refractivity contribution in [3.63, 3.8) is 0 Å². The van der Waals surface area contributed by atoms with Gasteiger partial charge in [0, 0.05) is 18.1 Å². The normalized spacial score (nSPS) is 17.9. The van der Waals surface area contributed by atoms with Gasteiger partial charge >= 0.3 is 0 Å². The molecule has 0 aliphatic carbocycles. The van der Waals surface area contributed by atoms with Crippen molar-refractivity contribution in [2.45, 2.75) is 30.7 Å². The van der Waals surface area contributed by atoms with Crippen molar-refractivity contribution in [1.82, 2.24) is 9.62 Å². The zero-order valence-electron chi connectivity index (χ0n) is 18.4. The Labute approximate surface area is 200 Å². The molecule has 0 aromatic heterocycles. The second-order valence-corrected chi connectivity index (χ2v) is 10.8. The Morgan fingerprint density at radius 1 is 0.970 bits per heavy atom. The summed E-state index contributed by atoms with van der Waals surface area (Å²) in [5.41, 5.74) is 3.12. The van der Waals surface area contributed by atoms with Crippen molar-refractivity contribution in [2.24, 2.45) is 5.92 Å². The highest BCUT2D eigenvalue weighted by molar-refractivity contribution is 7.89. The van der Waals surface area contributed by atoms with Crippen molar-refractivity contribution in [3.05, 3.63) is 101 Å². The number of hydrogen-bond donors (Lipinski definition) is 1. The lowest BCUT2D eigenvalue weighted by molar-refractivity contribution is -0.126. The molecule has 3 aromatic rings. The average molecular weight is 483 g/mol. The maximum atomic E-state index is 13.3. The van der Waals surface area contributed by atoms with E-state index in [1.165, 1.54) is 16.4 Å². The molecule has 0 radical (unpaired) electrons. The first-order chi connectivity index (χ1) is 15.8. The van der Waals surface area contributed by atoms with Crippen LogP contribution in [-0.2, 0) is 14.8 Å². The minimum Gasteiger partial charge on any atom is -0.345 e. The molecule has 1 N–H and O–H groups in total. The molecular formula is C26H27ClN2O3S. The Bertz CT molecular complexity index is 1200. The Morgan fingerprint density at radius 2 is 1.61 bits per heavy atom. The van der Waals surface area contributed by atoms with Gasteiger partial charge in [0.15, 0.2) is 0 Å². The van der Waals surface area contributed by atoms with E-state index in [2.05, 4.69) is 5.32 Å². The Hall–Kier alpha value is -2.67. The van der Waals surface area contributed by atoms with Crippen LogP contribution in [0.2, 0.25) is 5.02 Å². The molecule has 1 aliphatic rings. The van der Waals surface area contributed by atoms with Gasteiger partial charge < -0.3 is 5.32 Å². The van der Waals surface area contributed by atoms with E-state index in [1.54, 1.807) is 12.1 Å². The van der Waals surface area contributed by atoms with E-state index in [4.69, 9.17) is 11.6 Å². The van der Waals surface area contributed by atoms with Gasteiger partial charge in [-0.3, -0.25) is 4.79 Å². The van der Waals surface area contributed by atoms with Crippen molar-refractivity contribution in [1.29, 1.82) is 0 Å². The van der Waals surface area contributed by atoms with Crippen LogP contribution in [0.15, 0.2) is 83.8 Å². The molecule has 0 unspecified atom stereocenters. The highest BCUT2D eigenvalue weighted by Crippen LogP contribution is 2.27. The second kappa shape index (κ2) is 10.1. The van der Waals surface area contributed by atoms with Gasteiger partial charge in [-0.2, -0.15) is 4.31 Å². The molecule has 1 aliphatic heterocycles. The summed E-state index contributed by atoms with van der Waals surface area (Å²) in [6.07, 6.45) is 1.28. The summed E-state index contributed by atoms with van der Waals surface area (Å²) in [5.74, 6) is -0.557. The highest BCUT2D eigenvalue weighted by atomic mass is 35.5. The lowest BCUT2D eigenvalue weighted by atomic mass is 9.94. The fourth-order valence-corrected chi connectivity index (χ4v) is 5.80. The number of aryl methyl sites for hydroxylation is 1. The molecule has 4 rings (SSSR count). The number of halogens is 1. The molecule has 1 heterocycles. The van der Waals surface area contributed by atoms with Crippen LogP contribution < -0.4 is 5.32 Å². The maximum absolute atomic E-state index is 13.3. The summed E-state index contributed by atoms with van der Waals surface area (Å²) in [6.45, 7) is 2.58. The first-order valence-corrected chi connectivity index (χ1v) is 12.8. The van der Waals surface area contributed by atoms with Crippen LogP contribution in [0, 0.1) is 12.8 Å². The van der Waals surface area contributed by atoms with Crippen LogP contribution in [0.5, 0.6) is 0 Å². The van der Waals surface area contributed by atoms with Gasteiger partial charge in [0.25, 0.3) is 0 Å². The van der Waals surface area contributed by atoms with E-state index in [0.29, 0.717) is 24.4 Å². The Morgan fingerprint density at radius 3 is 2.27 bits per heavy atom. The van der Waals surface area contributed by atoms with Crippen molar-refractivity contribution in [2.75, 3.05) is 13.1 Å². The largest absolute Gasteiger partial charge is 0.345 e. The van der Waals surface area contributed by atoms with E-state index in [9.17, 15) is 13.2 Å². The predicted octanol–water partition coefficient (Wildman–Crippen LogP) is 4.95. The highest BCUT2D eigenvalue weighted by Gasteiger charge is 2.34. The number of carbonyl (C=O) groups excluding carboxylic acids is 1. The number of sulfonamides is 1. The first-order valence-electron chi connectivity index (χ1n) is 11.0. The third kappa shape index (κ3) is 5.46. The summed E-state index contributed by atoms with van der Waals surface area (Å²) in [5, 5.41) is 3.66. The average Bonchev–Trinajstić information content (AvgIpc) is 2.84. The molecule has 1 fully saturated rings. The minimum absolute atomic E-state index is 0.138. The fourth-order valence-electron chi connectivity index (χ4n) is 4.15. The van der Waals surface area contributed by atoms with Crippen LogP contribution in [0.3, 0.4) is 0 Å². The number of rotatable bonds is 6. The molecule has 0 saturated carbocycles. The van der Waals surface area contributed by atoms with Crippen LogP contribution in [0.25, 0.3) is 0 Å². The Balaban J connectivity index is 1.53. The number of piperidine rings is 1. The smallest absolute Gasteiger partial charge is 0.243 e. The number of carbonyl (C=O) groups is 1. The lowest BCUT2D eigenvalue weighted by Crippen LogP contribution is -2.46. The SMILES string of the molecule is Cc1ccc([C@H](NC(=O)[C@@H]2CCCN(S(=O)(=O)c3ccc(Cl)cc3)C2)c2ccccc2)cc1. The van der Waals surface area contributed by atoms with Gasteiger partial charge in [-0.05, 0) is 55.2 Å². The van der Waals surface area contributed by atoms with Gasteiger partial charge in [0.1, 0.15) is 0 Å². The minimum atomic E-state index is -3.69. The zero-order chi connectivity index (χ0) is 23.4. The van der Waals surface area contributed by atoms with Crippen molar-refractivity contribution in [3.8, 4) is 0 Å². The molecule has 33 heavy (non-hydrogen) atoms. The molecule has 0 spiro atoms. The van der Waals surface area contributed by atoms with Gasteiger partial charge in [-0.1, -0.05) is 71.8 Å². The van der Waals surface area contributed by atoms with E-state index >= 15 is 0 Å². The Kier molecular flexibility index (Phi) is 7.17. The van der Waals surface area contributed by atoms with Crippen LogP contribution in [0.1, 0.15) is 35.6 Å². The zero-order valence-corrected chi connectivity index (χ0v) is 20.0. The monoisotopic (exact) mass is 482 g/mol. The summed E-state index contributed by atoms with van der Waals surface area (Å²) in [6, 6.07) is 23.7. The number of nitrogens with zero attached hydrogens (tertiary/aromatic N) is 1. The van der Waals surface area contributed by atoms with E-state index in [1.807, 2.05) is 61.5 Å². The molecule has 1 saturated heterocycles. The second-order valence-electron chi connectivity index (χ2n) is 8.42. The quantitative estimate of drug-likeness (QED) is 0.540. The molecule has 2 atom stereocenters. The van der Waals surface area contributed by atoms with Gasteiger partial charge in [0.05, 0.1) is 16.9 Å². The number of benzene rings is 3. The van der Waals surface area contributed by atoms with Gasteiger partial charge in [0.2, 0.25) is 15.9 Å². The standard InChI is InChI=1S/C26H27ClN2O3S/c1-19-9-11-21(12-10-19)25(20-6-3-2-4-7-20)28-26(30)22-8-5-17-29(18-22)33(31,32)24-15-13-23(27)14-16-24/h2-4,6-7,9-16,22,25H,5,8,17-18H2,1H3,(H,28,30)/t22-,25-/m1/s1. The third-order valence-corrected chi connectivity index (χ3v) is 8.17. The molecule has 5 nitrogen and oxygen atoms in total. The summed E-state index contributed by atoms with van der Waals surface area (Å²) >= 11 is 5.91. The van der Waals surface area contributed by atoms with Gasteiger partial charge in [-0.15, -0.1) is 0 Å². The van der Waals surface area contributed by atoms with Crippen LogP contribution in [0.4, 0.5) is 0 Å². The van der Waals surface area contributed by atoms with Crippen LogP contribution >= 0.6 is 11.6 Å².